The zero-order valence-corrected chi connectivity index (χ0v) is 14.5. The van der Waals surface area contributed by atoms with Crippen LogP contribution in [0.5, 0.6) is 5.75 Å². The van der Waals surface area contributed by atoms with Crippen molar-refractivity contribution in [3.8, 4) is 5.75 Å². The van der Waals surface area contributed by atoms with Gasteiger partial charge >= 0.3 is 0 Å². The second-order valence-electron chi connectivity index (χ2n) is 6.22. The van der Waals surface area contributed by atoms with Gasteiger partial charge < -0.3 is 9.64 Å². The lowest BCUT2D eigenvalue weighted by molar-refractivity contribution is 0.0522. The number of hydrogen-bond acceptors (Lipinski definition) is 5. The number of thiophene rings is 1. The largest absolute Gasteiger partial charge is 0.488 e. The summed E-state index contributed by atoms with van der Waals surface area (Å²) in [5.41, 5.74) is 1.08. The first-order chi connectivity index (χ1) is 11.2. The number of likely N-dealkylation sites (tertiary alicyclic amines) is 1. The van der Waals surface area contributed by atoms with Crippen molar-refractivity contribution in [1.82, 2.24) is 9.88 Å². The summed E-state index contributed by atoms with van der Waals surface area (Å²) in [6.45, 7) is 3.67. The van der Waals surface area contributed by atoms with Crippen LogP contribution in [0.3, 0.4) is 0 Å². The smallest absolute Gasteiger partial charge is 0.264 e. The van der Waals surface area contributed by atoms with Gasteiger partial charge in [-0.1, -0.05) is 0 Å². The lowest BCUT2D eigenvalue weighted by atomic mass is 9.92. The number of amides is 1. The molecule has 1 spiro atoms. The van der Waals surface area contributed by atoms with Crippen molar-refractivity contribution < 1.29 is 9.53 Å². The molecule has 0 unspecified atom stereocenters. The topological polar surface area (TPSA) is 42.4 Å². The Morgan fingerprint density at radius 1 is 1.43 bits per heavy atom. The van der Waals surface area contributed by atoms with Crippen molar-refractivity contribution in [3.05, 3.63) is 46.4 Å². The van der Waals surface area contributed by atoms with E-state index in [9.17, 15) is 4.79 Å². The van der Waals surface area contributed by atoms with Gasteiger partial charge in [0.1, 0.15) is 11.9 Å². The van der Waals surface area contributed by atoms with Crippen molar-refractivity contribution in [1.29, 1.82) is 0 Å². The van der Waals surface area contributed by atoms with Crippen molar-refractivity contribution in [2.45, 2.75) is 24.2 Å². The number of aromatic nitrogens is 1. The Kier molecular flexibility index (Phi) is 3.81. The summed E-state index contributed by atoms with van der Waals surface area (Å²) in [5.74, 6) is 1.99. The fourth-order valence-corrected chi connectivity index (χ4v) is 5.65. The van der Waals surface area contributed by atoms with Gasteiger partial charge in [-0.3, -0.25) is 9.78 Å². The molecule has 2 saturated heterocycles. The van der Waals surface area contributed by atoms with Crippen LogP contribution >= 0.6 is 23.1 Å². The van der Waals surface area contributed by atoms with Crippen molar-refractivity contribution in [2.24, 2.45) is 0 Å². The van der Waals surface area contributed by atoms with Gasteiger partial charge in [-0.25, -0.2) is 0 Å². The highest BCUT2D eigenvalue weighted by molar-refractivity contribution is 8.01. The molecule has 1 amide bonds. The highest BCUT2D eigenvalue weighted by atomic mass is 32.2. The summed E-state index contributed by atoms with van der Waals surface area (Å²) in [4.78, 5) is 19.4. The lowest BCUT2D eigenvalue weighted by Gasteiger charge is -2.47. The molecule has 4 nitrogen and oxygen atoms in total. The average molecular weight is 346 g/mol. The second kappa shape index (κ2) is 5.83. The summed E-state index contributed by atoms with van der Waals surface area (Å²) in [5, 5.41) is 1.99. The normalized spacial score (nSPS) is 22.1. The molecule has 1 atom stereocenters. The zero-order chi connectivity index (χ0) is 15.9. The van der Waals surface area contributed by atoms with Crippen LogP contribution in [0.2, 0.25) is 0 Å². The number of pyridine rings is 1. The molecule has 6 heteroatoms. The fraction of sp³-hybridized carbons (Fsp3) is 0.412. The second-order valence-corrected chi connectivity index (χ2v) is 8.62. The van der Waals surface area contributed by atoms with Crippen LogP contribution in [-0.4, -0.2) is 45.5 Å². The van der Waals surface area contributed by atoms with Crippen LogP contribution in [0.25, 0.3) is 0 Å². The summed E-state index contributed by atoms with van der Waals surface area (Å²) in [7, 11) is 0. The molecule has 0 N–H and O–H groups in total. The van der Waals surface area contributed by atoms with E-state index in [0.29, 0.717) is 0 Å². The lowest BCUT2D eigenvalue weighted by Crippen LogP contribution is -2.60. The Balaban J connectivity index is 1.35. The van der Waals surface area contributed by atoms with Gasteiger partial charge in [0.15, 0.2) is 0 Å². The molecule has 0 aromatic carbocycles. The van der Waals surface area contributed by atoms with Crippen LogP contribution in [0.1, 0.15) is 21.7 Å². The van der Waals surface area contributed by atoms with E-state index in [-0.39, 0.29) is 16.8 Å². The van der Waals surface area contributed by atoms with Gasteiger partial charge in [0, 0.05) is 31.5 Å². The van der Waals surface area contributed by atoms with Crippen LogP contribution in [0.15, 0.2) is 36.0 Å². The molecule has 120 valence electrons. The Morgan fingerprint density at radius 3 is 3.00 bits per heavy atom. The minimum absolute atomic E-state index is 0.181. The molecule has 2 aliphatic rings. The van der Waals surface area contributed by atoms with Crippen molar-refractivity contribution >= 4 is 29.0 Å². The minimum Gasteiger partial charge on any atom is -0.488 e. The number of aryl methyl sites for hydroxylation is 1. The fourth-order valence-electron chi connectivity index (χ4n) is 3.24. The van der Waals surface area contributed by atoms with E-state index in [1.165, 1.54) is 11.3 Å². The summed E-state index contributed by atoms with van der Waals surface area (Å²) < 4.78 is 6.20. The van der Waals surface area contributed by atoms with E-state index in [1.807, 2.05) is 47.2 Å². The SMILES string of the molecule is Cc1ccsc1C(=O)N1CC2(C[C@@H](Oc3cccnc3)CS2)C1. The highest BCUT2D eigenvalue weighted by Crippen LogP contribution is 2.46. The molecular weight excluding hydrogens is 328 g/mol. The van der Waals surface area contributed by atoms with E-state index in [4.69, 9.17) is 4.74 Å². The van der Waals surface area contributed by atoms with Crippen molar-refractivity contribution in [3.63, 3.8) is 0 Å². The first kappa shape index (κ1) is 15.0. The Morgan fingerprint density at radius 2 is 2.30 bits per heavy atom. The third kappa shape index (κ3) is 2.85. The number of carbonyl (C=O) groups excluding carboxylic acids is 1. The standard InChI is InChI=1S/C17H18N2O2S2/c1-12-4-6-22-15(12)16(20)19-10-17(11-19)7-14(9-23-17)21-13-3-2-5-18-8-13/h2-6,8,14H,7,9-11H2,1H3/t14-/m1/s1. The van der Waals surface area contributed by atoms with Crippen LogP contribution in [-0.2, 0) is 0 Å². The number of thioether (sulfide) groups is 1. The maximum atomic E-state index is 12.5. The van der Waals surface area contributed by atoms with Crippen LogP contribution < -0.4 is 4.74 Å². The Hall–Kier alpha value is -1.53. The molecule has 0 radical (unpaired) electrons. The molecule has 4 rings (SSSR count). The molecule has 0 aliphatic carbocycles. The molecule has 0 saturated carbocycles. The van der Waals surface area contributed by atoms with Gasteiger partial charge in [-0.15, -0.1) is 23.1 Å². The van der Waals surface area contributed by atoms with Gasteiger partial charge in [0.2, 0.25) is 0 Å². The third-order valence-electron chi connectivity index (χ3n) is 4.41. The number of carbonyl (C=O) groups is 1. The predicted octanol–water partition coefficient (Wildman–Crippen LogP) is 3.23. The molecule has 23 heavy (non-hydrogen) atoms. The average Bonchev–Trinajstić information content (AvgIpc) is 3.13. The maximum Gasteiger partial charge on any atom is 0.264 e. The third-order valence-corrected chi connectivity index (χ3v) is 6.99. The maximum absolute atomic E-state index is 12.5. The van der Waals surface area contributed by atoms with E-state index in [1.54, 1.807) is 12.4 Å². The van der Waals surface area contributed by atoms with Gasteiger partial charge in [0.25, 0.3) is 5.91 Å². The zero-order valence-electron chi connectivity index (χ0n) is 12.9. The summed E-state index contributed by atoms with van der Waals surface area (Å²) in [6, 6.07) is 5.84. The van der Waals surface area contributed by atoms with Gasteiger partial charge in [-0.05, 0) is 36.1 Å². The molecule has 0 bridgehead atoms. The van der Waals surface area contributed by atoms with Gasteiger partial charge in [-0.2, -0.15) is 0 Å². The summed E-state index contributed by atoms with van der Waals surface area (Å²) in [6.07, 6.45) is 4.72. The Labute approximate surface area is 143 Å². The first-order valence-corrected chi connectivity index (χ1v) is 9.56. The molecule has 2 aromatic heterocycles. The molecule has 4 heterocycles. The quantitative estimate of drug-likeness (QED) is 0.856. The summed E-state index contributed by atoms with van der Waals surface area (Å²) >= 11 is 3.48. The number of rotatable bonds is 3. The molecule has 2 fully saturated rings. The van der Waals surface area contributed by atoms with Crippen molar-refractivity contribution in [2.75, 3.05) is 18.8 Å². The van der Waals surface area contributed by atoms with E-state index >= 15 is 0 Å². The number of hydrogen-bond donors (Lipinski definition) is 0. The number of ether oxygens (including phenoxy) is 1. The van der Waals surface area contributed by atoms with E-state index in [2.05, 4.69) is 4.98 Å². The number of nitrogens with zero attached hydrogens (tertiary/aromatic N) is 2. The Bertz CT molecular complexity index is 710. The van der Waals surface area contributed by atoms with E-state index in [0.717, 1.165) is 41.5 Å². The first-order valence-electron chi connectivity index (χ1n) is 7.69. The monoisotopic (exact) mass is 346 g/mol. The molecular formula is C17H18N2O2S2. The van der Waals surface area contributed by atoms with Crippen LogP contribution in [0, 0.1) is 6.92 Å². The molecule has 2 aliphatic heterocycles. The predicted molar refractivity (Wildman–Crippen MR) is 93.4 cm³/mol. The molecule has 2 aromatic rings. The van der Waals surface area contributed by atoms with Gasteiger partial charge in [0.05, 0.1) is 15.8 Å². The van der Waals surface area contributed by atoms with Crippen LogP contribution in [0.4, 0.5) is 0 Å². The minimum atomic E-state index is 0.181. The van der Waals surface area contributed by atoms with E-state index < -0.39 is 0 Å². The highest BCUT2D eigenvalue weighted by Gasteiger charge is 2.51.